The Morgan fingerprint density at radius 1 is 1.31 bits per heavy atom. The molecule has 1 N–H and O–H groups in total. The maximum absolute atomic E-state index is 13.0. The van der Waals surface area contributed by atoms with Crippen LogP contribution in [-0.4, -0.2) is 36.8 Å². The van der Waals surface area contributed by atoms with E-state index in [4.69, 9.17) is 4.98 Å². The summed E-state index contributed by atoms with van der Waals surface area (Å²) in [6.45, 7) is 5.65. The molecule has 4 heterocycles. The zero-order valence-corrected chi connectivity index (χ0v) is 17.4. The molecule has 0 saturated heterocycles. The first kappa shape index (κ1) is 19.3. The fourth-order valence-corrected chi connectivity index (χ4v) is 3.96. The van der Waals surface area contributed by atoms with Crippen molar-refractivity contribution in [1.29, 1.82) is 0 Å². The van der Waals surface area contributed by atoms with Crippen LogP contribution >= 0.6 is 11.3 Å². The van der Waals surface area contributed by atoms with Gasteiger partial charge in [0.05, 0.1) is 34.0 Å². The van der Waals surface area contributed by atoms with Crippen molar-refractivity contribution in [2.45, 2.75) is 39.3 Å². The number of carbonyl (C=O) groups excluding carboxylic acids is 1. The molecular formula is C21H24N6OS. The molecule has 0 saturated carbocycles. The lowest BCUT2D eigenvalue weighted by molar-refractivity contribution is 0.0954. The maximum atomic E-state index is 13.0. The Morgan fingerprint density at radius 2 is 2.21 bits per heavy atom. The van der Waals surface area contributed by atoms with E-state index in [1.807, 2.05) is 45.4 Å². The molecule has 0 spiro atoms. The molecule has 0 aliphatic heterocycles. The van der Waals surface area contributed by atoms with Gasteiger partial charge in [0.15, 0.2) is 5.65 Å². The number of fused-ring (bicyclic) bond motifs is 1. The van der Waals surface area contributed by atoms with E-state index in [0.717, 1.165) is 41.0 Å². The molecule has 4 aromatic rings. The lowest BCUT2D eigenvalue weighted by Gasteiger charge is -2.10. The number of unbranched alkanes of at least 4 members (excludes halogenated alkanes) is 1. The molecule has 4 aromatic heterocycles. The first-order chi connectivity index (χ1) is 14.1. The quantitative estimate of drug-likeness (QED) is 0.444. The van der Waals surface area contributed by atoms with Gasteiger partial charge in [-0.1, -0.05) is 6.07 Å². The first-order valence-electron chi connectivity index (χ1n) is 9.79. The Balaban J connectivity index is 1.52. The summed E-state index contributed by atoms with van der Waals surface area (Å²) in [5.74, 6) is -0.0823. The van der Waals surface area contributed by atoms with E-state index >= 15 is 0 Å². The zero-order chi connectivity index (χ0) is 20.2. The van der Waals surface area contributed by atoms with Gasteiger partial charge in [0.25, 0.3) is 5.91 Å². The fourth-order valence-electron chi connectivity index (χ4n) is 3.27. The van der Waals surface area contributed by atoms with Crippen LogP contribution in [0.15, 0.2) is 48.5 Å². The summed E-state index contributed by atoms with van der Waals surface area (Å²) in [5, 5.41) is 10.3. The van der Waals surface area contributed by atoms with Crippen molar-refractivity contribution in [2.24, 2.45) is 0 Å². The average molecular weight is 409 g/mol. The summed E-state index contributed by atoms with van der Waals surface area (Å²) in [6, 6.07) is 6.05. The van der Waals surface area contributed by atoms with Crippen molar-refractivity contribution >= 4 is 28.3 Å². The van der Waals surface area contributed by atoms with Crippen LogP contribution in [0.1, 0.15) is 43.1 Å². The van der Waals surface area contributed by atoms with Crippen LogP contribution in [0.4, 0.5) is 0 Å². The summed E-state index contributed by atoms with van der Waals surface area (Å²) < 4.78 is 3.91. The summed E-state index contributed by atoms with van der Waals surface area (Å²) >= 11 is 1.61. The second-order valence-corrected chi connectivity index (χ2v) is 8.16. The van der Waals surface area contributed by atoms with Gasteiger partial charge >= 0.3 is 0 Å². The summed E-state index contributed by atoms with van der Waals surface area (Å²) in [6.07, 6.45) is 9.16. The third-order valence-electron chi connectivity index (χ3n) is 4.76. The van der Waals surface area contributed by atoms with E-state index in [-0.39, 0.29) is 11.9 Å². The number of hydrogen-bond donors (Lipinski definition) is 1. The monoisotopic (exact) mass is 408 g/mol. The van der Waals surface area contributed by atoms with Gasteiger partial charge in [-0.25, -0.2) is 14.6 Å². The molecule has 0 aliphatic rings. The van der Waals surface area contributed by atoms with Gasteiger partial charge in [-0.15, -0.1) is 11.3 Å². The average Bonchev–Trinajstić information content (AvgIpc) is 3.47. The molecule has 0 bridgehead atoms. The number of nitrogens with one attached hydrogen (secondary N) is 1. The zero-order valence-electron chi connectivity index (χ0n) is 16.6. The fraction of sp³-hybridized carbons (Fsp3) is 0.333. The van der Waals surface area contributed by atoms with Crippen molar-refractivity contribution in [3.8, 4) is 10.6 Å². The highest BCUT2D eigenvalue weighted by Crippen LogP contribution is 2.28. The van der Waals surface area contributed by atoms with Crippen LogP contribution in [0.25, 0.3) is 21.6 Å². The molecule has 8 heteroatoms. The van der Waals surface area contributed by atoms with Crippen LogP contribution in [0.3, 0.4) is 0 Å². The molecule has 0 aliphatic carbocycles. The molecule has 0 fully saturated rings. The molecule has 29 heavy (non-hydrogen) atoms. The molecular weight excluding hydrogens is 384 g/mol. The Labute approximate surface area is 173 Å². The SMILES string of the molecule is CC(C)n1ncc2c(C(=O)NCCCCn3ccnc3)cc(-c3cccs3)nc21. The van der Waals surface area contributed by atoms with E-state index in [0.29, 0.717) is 12.1 Å². The molecule has 150 valence electrons. The molecule has 0 aromatic carbocycles. The lowest BCUT2D eigenvalue weighted by atomic mass is 10.1. The Kier molecular flexibility index (Phi) is 5.71. The number of rotatable bonds is 8. The number of amides is 1. The summed E-state index contributed by atoms with van der Waals surface area (Å²) in [4.78, 5) is 22.8. The van der Waals surface area contributed by atoms with Crippen LogP contribution in [0.2, 0.25) is 0 Å². The third kappa shape index (κ3) is 4.22. The van der Waals surface area contributed by atoms with Crippen molar-refractivity contribution in [1.82, 2.24) is 29.6 Å². The van der Waals surface area contributed by atoms with Gasteiger partial charge < -0.3 is 9.88 Å². The second-order valence-electron chi connectivity index (χ2n) is 7.22. The van der Waals surface area contributed by atoms with Crippen molar-refractivity contribution in [3.63, 3.8) is 0 Å². The highest BCUT2D eigenvalue weighted by Gasteiger charge is 2.18. The normalized spacial score (nSPS) is 11.4. The van der Waals surface area contributed by atoms with Gasteiger partial charge in [-0.2, -0.15) is 5.10 Å². The highest BCUT2D eigenvalue weighted by atomic mass is 32.1. The van der Waals surface area contributed by atoms with Gasteiger partial charge in [-0.05, 0) is 44.2 Å². The van der Waals surface area contributed by atoms with Crippen molar-refractivity contribution < 1.29 is 4.79 Å². The number of imidazole rings is 1. The summed E-state index contributed by atoms with van der Waals surface area (Å²) in [7, 11) is 0. The van der Waals surface area contributed by atoms with Crippen LogP contribution in [-0.2, 0) is 6.54 Å². The second kappa shape index (κ2) is 8.57. The van der Waals surface area contributed by atoms with E-state index < -0.39 is 0 Å². The minimum absolute atomic E-state index is 0.0823. The topological polar surface area (TPSA) is 77.6 Å². The number of carbonyl (C=O) groups is 1. The number of pyridine rings is 1. The van der Waals surface area contributed by atoms with E-state index in [2.05, 4.69) is 29.2 Å². The van der Waals surface area contributed by atoms with E-state index in [9.17, 15) is 4.79 Å². The Bertz CT molecular complexity index is 1080. The maximum Gasteiger partial charge on any atom is 0.252 e. The van der Waals surface area contributed by atoms with Gasteiger partial charge in [0.2, 0.25) is 0 Å². The number of aryl methyl sites for hydroxylation is 1. The smallest absolute Gasteiger partial charge is 0.252 e. The minimum atomic E-state index is -0.0823. The number of thiophene rings is 1. The van der Waals surface area contributed by atoms with E-state index in [1.165, 1.54) is 0 Å². The lowest BCUT2D eigenvalue weighted by Crippen LogP contribution is -2.25. The Morgan fingerprint density at radius 3 is 2.93 bits per heavy atom. The van der Waals surface area contributed by atoms with Gasteiger partial charge in [0.1, 0.15) is 0 Å². The van der Waals surface area contributed by atoms with E-state index in [1.54, 1.807) is 23.7 Å². The number of hydrogen-bond acceptors (Lipinski definition) is 5. The van der Waals surface area contributed by atoms with Crippen molar-refractivity contribution in [3.05, 3.63) is 54.1 Å². The Hall–Kier alpha value is -3.00. The predicted octanol–water partition coefficient (Wildman–Crippen LogP) is 4.15. The molecule has 0 radical (unpaired) electrons. The van der Waals surface area contributed by atoms with Crippen molar-refractivity contribution in [2.75, 3.05) is 6.54 Å². The molecule has 4 rings (SSSR count). The predicted molar refractivity (Wildman–Crippen MR) is 115 cm³/mol. The van der Waals surface area contributed by atoms with Gasteiger partial charge in [0, 0.05) is 31.5 Å². The standard InChI is InChI=1S/C21H24N6OS/c1-15(2)27-20-17(13-24-27)16(12-18(25-20)19-6-5-11-29-19)21(28)23-7-3-4-9-26-10-8-22-14-26/h5-6,8,10-15H,3-4,7,9H2,1-2H3,(H,23,28). The molecule has 7 nitrogen and oxygen atoms in total. The largest absolute Gasteiger partial charge is 0.352 e. The molecule has 0 atom stereocenters. The molecule has 0 unspecified atom stereocenters. The minimum Gasteiger partial charge on any atom is -0.352 e. The third-order valence-corrected chi connectivity index (χ3v) is 5.65. The highest BCUT2D eigenvalue weighted by molar-refractivity contribution is 7.13. The first-order valence-corrected chi connectivity index (χ1v) is 10.7. The number of nitrogens with zero attached hydrogens (tertiary/aromatic N) is 5. The van der Waals surface area contributed by atoms with Crippen LogP contribution in [0, 0.1) is 0 Å². The molecule has 1 amide bonds. The van der Waals surface area contributed by atoms with Gasteiger partial charge in [-0.3, -0.25) is 4.79 Å². The summed E-state index contributed by atoms with van der Waals surface area (Å²) in [5.41, 5.74) is 2.18. The van der Waals surface area contributed by atoms with Crippen LogP contribution < -0.4 is 5.32 Å². The number of aromatic nitrogens is 5. The van der Waals surface area contributed by atoms with Crippen LogP contribution in [0.5, 0.6) is 0 Å².